The summed E-state index contributed by atoms with van der Waals surface area (Å²) in [5.41, 5.74) is 1.66. The molecule has 4 heteroatoms. The number of aliphatic hydroxyl groups is 1. The molecule has 0 spiro atoms. The number of rotatable bonds is 4. The monoisotopic (exact) mass is 246 g/mol. The lowest BCUT2D eigenvalue weighted by Crippen LogP contribution is -2.31. The van der Waals surface area contributed by atoms with Crippen LogP contribution >= 0.6 is 0 Å². The van der Waals surface area contributed by atoms with Crippen LogP contribution in [-0.2, 0) is 6.54 Å². The topological polar surface area (TPSA) is 56.5 Å². The van der Waals surface area contributed by atoms with E-state index in [9.17, 15) is 5.11 Å². The Morgan fingerprint density at radius 3 is 3.06 bits per heavy atom. The van der Waals surface area contributed by atoms with Gasteiger partial charge >= 0.3 is 0 Å². The Bertz CT molecular complexity index is 454. The normalized spacial score (nSPS) is 19.7. The molecule has 4 nitrogen and oxygen atoms in total. The molecule has 0 saturated carbocycles. The third-order valence-corrected chi connectivity index (χ3v) is 3.49. The van der Waals surface area contributed by atoms with E-state index in [0.717, 1.165) is 37.2 Å². The van der Waals surface area contributed by atoms with Gasteiger partial charge in [-0.25, -0.2) is 0 Å². The second-order valence-corrected chi connectivity index (χ2v) is 4.59. The van der Waals surface area contributed by atoms with E-state index in [4.69, 9.17) is 10.00 Å². The summed E-state index contributed by atoms with van der Waals surface area (Å²) in [5, 5.41) is 18.3. The first-order chi connectivity index (χ1) is 8.78. The summed E-state index contributed by atoms with van der Waals surface area (Å²) in [4.78, 5) is 2.25. The Morgan fingerprint density at radius 1 is 1.56 bits per heavy atom. The van der Waals surface area contributed by atoms with Gasteiger partial charge in [0.15, 0.2) is 0 Å². The van der Waals surface area contributed by atoms with Crippen LogP contribution in [0.25, 0.3) is 0 Å². The quantitative estimate of drug-likeness (QED) is 0.875. The first-order valence-corrected chi connectivity index (χ1v) is 6.20. The van der Waals surface area contributed by atoms with Gasteiger partial charge in [0.25, 0.3) is 0 Å². The fourth-order valence-electron chi connectivity index (χ4n) is 2.50. The molecule has 1 fully saturated rings. The van der Waals surface area contributed by atoms with E-state index in [1.54, 1.807) is 13.2 Å². The highest BCUT2D eigenvalue weighted by molar-refractivity contribution is 5.42. The first kappa shape index (κ1) is 12.9. The number of hydrogen-bond acceptors (Lipinski definition) is 4. The van der Waals surface area contributed by atoms with Gasteiger partial charge in [-0.2, -0.15) is 5.26 Å². The number of benzene rings is 1. The van der Waals surface area contributed by atoms with Gasteiger partial charge in [-0.15, -0.1) is 0 Å². The van der Waals surface area contributed by atoms with Crippen molar-refractivity contribution in [3.8, 4) is 11.8 Å². The number of ether oxygens (including phenoxy) is 1. The van der Waals surface area contributed by atoms with Crippen LogP contribution < -0.4 is 4.74 Å². The standard InChI is InChI=1S/C14H18N2O2/c1-18-14-5-4-11(8-15)7-12(14)9-16-6-2-3-13(16)10-17/h4-5,7,13,17H,2-3,6,9-10H2,1H3/t13-/m0/s1. The largest absolute Gasteiger partial charge is 0.496 e. The van der Waals surface area contributed by atoms with E-state index >= 15 is 0 Å². The van der Waals surface area contributed by atoms with Crippen molar-refractivity contribution in [2.45, 2.75) is 25.4 Å². The third-order valence-electron chi connectivity index (χ3n) is 3.49. The highest BCUT2D eigenvalue weighted by atomic mass is 16.5. The Labute approximate surface area is 107 Å². The SMILES string of the molecule is COc1ccc(C#N)cc1CN1CCC[C@H]1CO. The smallest absolute Gasteiger partial charge is 0.123 e. The van der Waals surface area contributed by atoms with Crippen LogP contribution in [0.2, 0.25) is 0 Å². The maximum absolute atomic E-state index is 9.32. The van der Waals surface area contributed by atoms with Crippen molar-refractivity contribution < 1.29 is 9.84 Å². The molecule has 0 amide bonds. The Balaban J connectivity index is 2.19. The fourth-order valence-corrected chi connectivity index (χ4v) is 2.50. The molecule has 0 aromatic heterocycles. The average molecular weight is 246 g/mol. The van der Waals surface area contributed by atoms with Crippen LogP contribution in [-0.4, -0.2) is 36.3 Å². The third kappa shape index (κ3) is 2.63. The van der Waals surface area contributed by atoms with Gasteiger partial charge in [0.05, 0.1) is 25.3 Å². The highest BCUT2D eigenvalue weighted by Crippen LogP contribution is 2.25. The molecule has 96 valence electrons. The molecule has 1 N–H and O–H groups in total. The molecule has 0 radical (unpaired) electrons. The summed E-state index contributed by atoms with van der Waals surface area (Å²) in [6.45, 7) is 1.91. The number of nitriles is 1. The molecule has 0 aliphatic carbocycles. The van der Waals surface area contributed by atoms with Crippen LogP contribution in [0.3, 0.4) is 0 Å². The Hall–Kier alpha value is -1.57. The van der Waals surface area contributed by atoms with E-state index in [0.29, 0.717) is 5.56 Å². The van der Waals surface area contributed by atoms with Gasteiger partial charge < -0.3 is 9.84 Å². The molecule has 1 aromatic rings. The highest BCUT2D eigenvalue weighted by Gasteiger charge is 2.24. The van der Waals surface area contributed by atoms with Crippen molar-refractivity contribution in [1.29, 1.82) is 5.26 Å². The van der Waals surface area contributed by atoms with Crippen molar-refractivity contribution in [3.05, 3.63) is 29.3 Å². The van der Waals surface area contributed by atoms with Crippen LogP contribution in [0.4, 0.5) is 0 Å². The van der Waals surface area contributed by atoms with Crippen molar-refractivity contribution >= 4 is 0 Å². The van der Waals surface area contributed by atoms with Crippen LogP contribution in [0.1, 0.15) is 24.0 Å². The van der Waals surface area contributed by atoms with Crippen molar-refractivity contribution in [1.82, 2.24) is 4.90 Å². The molecule has 1 heterocycles. The van der Waals surface area contributed by atoms with E-state index in [1.165, 1.54) is 0 Å². The van der Waals surface area contributed by atoms with Gasteiger partial charge in [-0.1, -0.05) is 0 Å². The van der Waals surface area contributed by atoms with Crippen molar-refractivity contribution in [3.63, 3.8) is 0 Å². The number of methoxy groups -OCH3 is 1. The zero-order chi connectivity index (χ0) is 13.0. The van der Waals surface area contributed by atoms with E-state index < -0.39 is 0 Å². The summed E-state index contributed by atoms with van der Waals surface area (Å²) in [5.74, 6) is 0.803. The summed E-state index contributed by atoms with van der Waals surface area (Å²) < 4.78 is 5.33. The predicted octanol–water partition coefficient (Wildman–Crippen LogP) is 1.52. The number of hydrogen-bond donors (Lipinski definition) is 1. The minimum Gasteiger partial charge on any atom is -0.496 e. The van der Waals surface area contributed by atoms with E-state index in [-0.39, 0.29) is 12.6 Å². The predicted molar refractivity (Wildman–Crippen MR) is 68.2 cm³/mol. The first-order valence-electron chi connectivity index (χ1n) is 6.20. The van der Waals surface area contributed by atoms with Gasteiger partial charge in [-0.05, 0) is 37.6 Å². The van der Waals surface area contributed by atoms with Gasteiger partial charge in [0, 0.05) is 18.2 Å². The van der Waals surface area contributed by atoms with E-state index in [2.05, 4.69) is 11.0 Å². The lowest BCUT2D eigenvalue weighted by Gasteiger charge is -2.23. The Morgan fingerprint density at radius 2 is 2.39 bits per heavy atom. The van der Waals surface area contributed by atoms with Crippen molar-refractivity contribution in [2.24, 2.45) is 0 Å². The van der Waals surface area contributed by atoms with Crippen LogP contribution in [0, 0.1) is 11.3 Å². The molecule has 18 heavy (non-hydrogen) atoms. The zero-order valence-electron chi connectivity index (χ0n) is 10.6. The summed E-state index contributed by atoms with van der Waals surface area (Å²) in [7, 11) is 1.64. The summed E-state index contributed by atoms with van der Waals surface area (Å²) >= 11 is 0. The number of likely N-dealkylation sites (tertiary alicyclic amines) is 1. The number of aliphatic hydroxyl groups excluding tert-OH is 1. The Kier molecular flexibility index (Phi) is 4.19. The molecule has 0 unspecified atom stereocenters. The van der Waals surface area contributed by atoms with Gasteiger partial charge in [0.1, 0.15) is 5.75 Å². The van der Waals surface area contributed by atoms with E-state index in [1.807, 2.05) is 12.1 Å². The van der Waals surface area contributed by atoms with Crippen molar-refractivity contribution in [2.75, 3.05) is 20.3 Å². The molecule has 2 rings (SSSR count). The molecule has 0 bridgehead atoms. The molecule has 1 aromatic carbocycles. The second-order valence-electron chi connectivity index (χ2n) is 4.59. The maximum Gasteiger partial charge on any atom is 0.123 e. The van der Waals surface area contributed by atoms with Gasteiger partial charge in [0.2, 0.25) is 0 Å². The lowest BCUT2D eigenvalue weighted by atomic mass is 10.1. The molecular weight excluding hydrogens is 228 g/mol. The molecule has 1 aliphatic heterocycles. The molecular formula is C14H18N2O2. The fraction of sp³-hybridized carbons (Fsp3) is 0.500. The second kappa shape index (κ2) is 5.85. The lowest BCUT2D eigenvalue weighted by molar-refractivity contribution is 0.152. The minimum absolute atomic E-state index is 0.195. The molecule has 1 aliphatic rings. The van der Waals surface area contributed by atoms with Crippen LogP contribution in [0.5, 0.6) is 5.75 Å². The molecule has 1 atom stereocenters. The summed E-state index contributed by atoms with van der Waals surface area (Å²) in [6, 6.07) is 7.84. The minimum atomic E-state index is 0.195. The number of nitrogens with zero attached hydrogens (tertiary/aromatic N) is 2. The molecule has 1 saturated heterocycles. The van der Waals surface area contributed by atoms with Crippen LogP contribution in [0.15, 0.2) is 18.2 Å². The maximum atomic E-state index is 9.32. The summed E-state index contributed by atoms with van der Waals surface area (Å²) in [6.07, 6.45) is 2.15. The van der Waals surface area contributed by atoms with Gasteiger partial charge in [-0.3, -0.25) is 4.90 Å². The average Bonchev–Trinajstić information content (AvgIpc) is 2.86. The zero-order valence-corrected chi connectivity index (χ0v) is 10.6.